The van der Waals surface area contributed by atoms with Gasteiger partial charge < -0.3 is 77.3 Å². The minimum absolute atomic E-state index is 0.129. The molecule has 3 aromatic heterocycles. The van der Waals surface area contributed by atoms with Crippen LogP contribution in [-0.2, 0) is 71.3 Å². The second-order valence-corrected chi connectivity index (χ2v) is 37.3. The maximum atomic E-state index is 13.4. The van der Waals surface area contributed by atoms with E-state index in [4.69, 9.17) is 64.2 Å². The summed E-state index contributed by atoms with van der Waals surface area (Å²) in [6.07, 6.45) is -2.25. The number of carbonyl (C=O) groups is 2. The van der Waals surface area contributed by atoms with E-state index in [0.29, 0.717) is 148 Å². The number of alkyl halides is 6. The topological polar surface area (TPSA) is 197 Å². The Morgan fingerprint density at radius 1 is 0.478 bits per heavy atom. The van der Waals surface area contributed by atoms with Crippen molar-refractivity contribution in [2.75, 3.05) is 116 Å². The number of rotatable bonds is 30. The summed E-state index contributed by atoms with van der Waals surface area (Å²) in [6, 6.07) is 51.2. The van der Waals surface area contributed by atoms with Crippen LogP contribution in [-0.4, -0.2) is 186 Å². The highest BCUT2D eigenvalue weighted by Crippen LogP contribution is 2.42. The van der Waals surface area contributed by atoms with Crippen molar-refractivity contribution in [2.45, 2.75) is 135 Å². The van der Waals surface area contributed by atoms with Gasteiger partial charge in [-0.15, -0.1) is 34.0 Å². The smallest absolute Gasteiger partial charge is 0.416 e. The van der Waals surface area contributed by atoms with Gasteiger partial charge in [0.1, 0.15) is 38.0 Å². The maximum Gasteiger partial charge on any atom is 0.416 e. The highest BCUT2D eigenvalue weighted by Gasteiger charge is 2.45. The van der Waals surface area contributed by atoms with E-state index in [1.165, 1.54) is 59.8 Å². The number of nitrogens with zero attached hydrogens (tertiary/aromatic N) is 12. The summed E-state index contributed by atoms with van der Waals surface area (Å²) in [5.41, 5.74) is 9.93. The minimum Gasteiger partial charge on any atom is -0.497 e. The third-order valence-electron chi connectivity index (χ3n) is 25.1. The van der Waals surface area contributed by atoms with Crippen LogP contribution in [0.2, 0.25) is 5.02 Å². The summed E-state index contributed by atoms with van der Waals surface area (Å²) in [4.78, 5) is 60.5. The number of benzene rings is 8. The molecule has 0 radical (unpaired) electrons. The second kappa shape index (κ2) is 42.7. The van der Waals surface area contributed by atoms with Crippen LogP contribution >= 0.6 is 45.6 Å². The Balaban J connectivity index is 0.000000140. The fraction of sp³-hybridized carbons (Fsp3) is 0.370. The average Bonchev–Trinajstić information content (AvgIpc) is 1.63. The van der Waals surface area contributed by atoms with Gasteiger partial charge in [0.2, 0.25) is 20.4 Å². The number of likely N-dealkylation sites (tertiary alicyclic amines) is 1. The average molecular weight is 1910 g/mol. The normalized spacial score (nSPS) is 16.9. The number of anilines is 2. The van der Waals surface area contributed by atoms with Crippen LogP contribution in [0.4, 0.5) is 42.5 Å². The van der Waals surface area contributed by atoms with Crippen molar-refractivity contribution in [1.82, 2.24) is 54.6 Å². The van der Waals surface area contributed by atoms with Gasteiger partial charge in [-0.1, -0.05) is 116 Å². The van der Waals surface area contributed by atoms with Crippen LogP contribution in [0.25, 0.3) is 11.4 Å². The molecular weight excluding hydrogens is 1800 g/mol. The number of methoxy groups -OCH3 is 2. The molecule has 19 rings (SSSR count). The van der Waals surface area contributed by atoms with Crippen molar-refractivity contribution in [3.05, 3.63) is 281 Å². The molecule has 10 heterocycles. The van der Waals surface area contributed by atoms with Crippen molar-refractivity contribution >= 4 is 80.3 Å². The first kappa shape index (κ1) is 93.8. The van der Waals surface area contributed by atoms with Gasteiger partial charge in [-0.2, -0.15) is 26.3 Å². The van der Waals surface area contributed by atoms with E-state index in [2.05, 4.69) is 87.4 Å². The predicted molar refractivity (Wildman–Crippen MR) is 505 cm³/mol. The zero-order chi connectivity index (χ0) is 93.0. The Morgan fingerprint density at radius 2 is 0.948 bits per heavy atom. The summed E-state index contributed by atoms with van der Waals surface area (Å²) in [5, 5.41) is 12.5. The maximum absolute atomic E-state index is 13.4. The highest BCUT2D eigenvalue weighted by atomic mass is 35.5. The molecule has 1 aliphatic carbocycles. The number of ether oxygens (including phenoxy) is 9. The molecule has 1 N–H and O–H groups in total. The summed E-state index contributed by atoms with van der Waals surface area (Å²) < 4.78 is 131. The van der Waals surface area contributed by atoms with E-state index in [9.17, 15) is 35.9 Å². The Hall–Kier alpha value is -12.0. The third kappa shape index (κ3) is 23.3. The number of fused-ring (bicyclic) bond motifs is 4. The fourth-order valence-electron chi connectivity index (χ4n) is 18.3. The number of carbonyl (C=O) groups excluding carboxylic acids is 2. The molecule has 8 aromatic carbocycles. The number of piperidine rings is 1. The van der Waals surface area contributed by atoms with Crippen LogP contribution in [0.5, 0.6) is 51.7 Å². The molecule has 8 aliphatic rings. The van der Waals surface area contributed by atoms with E-state index in [-0.39, 0.29) is 38.9 Å². The molecule has 0 bridgehead atoms. The lowest BCUT2D eigenvalue weighted by molar-refractivity contribution is -0.138. The predicted octanol–water partition coefficient (Wildman–Crippen LogP) is 19.9. The van der Waals surface area contributed by atoms with Gasteiger partial charge in [0.15, 0.2) is 34.5 Å². The summed E-state index contributed by atoms with van der Waals surface area (Å²) in [6.45, 7) is 23.8. The molecule has 704 valence electrons. The van der Waals surface area contributed by atoms with Crippen molar-refractivity contribution in [3.63, 3.8) is 0 Å². The first-order chi connectivity index (χ1) is 65.0. The zero-order valence-corrected chi connectivity index (χ0v) is 78.0. The molecule has 11 aromatic rings. The van der Waals surface area contributed by atoms with Crippen LogP contribution < -0.4 is 57.7 Å². The molecular formula is C100H106ClF6N13O11S3. The summed E-state index contributed by atoms with van der Waals surface area (Å²) >= 11 is 10.7. The molecule has 5 fully saturated rings. The van der Waals surface area contributed by atoms with Gasteiger partial charge in [-0.25, -0.2) is 19.7 Å². The van der Waals surface area contributed by atoms with Gasteiger partial charge in [-0.05, 0) is 145 Å². The zero-order valence-electron chi connectivity index (χ0n) is 74.8. The molecule has 134 heavy (non-hydrogen) atoms. The van der Waals surface area contributed by atoms with Gasteiger partial charge in [-0.3, -0.25) is 19.5 Å². The van der Waals surface area contributed by atoms with Crippen molar-refractivity contribution in [1.29, 1.82) is 0 Å². The molecule has 0 spiro atoms. The number of nitrogens with one attached hydrogen (secondary N) is 1. The van der Waals surface area contributed by atoms with Crippen molar-refractivity contribution in [3.8, 4) is 51.7 Å². The Labute approximate surface area is 792 Å². The van der Waals surface area contributed by atoms with Crippen molar-refractivity contribution in [2.24, 2.45) is 0 Å². The van der Waals surface area contributed by atoms with E-state index in [0.717, 1.165) is 177 Å². The molecule has 3 amide bonds. The Bertz CT molecular complexity index is 5940. The number of para-hydroxylation sites is 2. The minimum atomic E-state index is -4.43. The number of hydrogen-bond donors (Lipinski definition) is 1. The van der Waals surface area contributed by atoms with Gasteiger partial charge in [0.25, 0.3) is 5.91 Å². The number of urea groups is 1. The van der Waals surface area contributed by atoms with E-state index < -0.39 is 23.5 Å². The fourth-order valence-corrected chi connectivity index (χ4v) is 21.0. The number of thiazole rings is 3. The molecule has 1 saturated carbocycles. The summed E-state index contributed by atoms with van der Waals surface area (Å²) in [7, 11) is 3.35. The van der Waals surface area contributed by atoms with Crippen LogP contribution in [0.1, 0.15) is 127 Å². The highest BCUT2D eigenvalue weighted by molar-refractivity contribution is 7.10. The number of piperazine rings is 2. The quantitative estimate of drug-likeness (QED) is 0.0417. The van der Waals surface area contributed by atoms with E-state index in [1.54, 1.807) is 43.1 Å². The number of aromatic nitrogens is 3. The first-order valence-corrected chi connectivity index (χ1v) is 47.9. The van der Waals surface area contributed by atoms with E-state index >= 15 is 0 Å². The Kier molecular flexibility index (Phi) is 29.9. The molecule has 4 saturated heterocycles. The summed E-state index contributed by atoms with van der Waals surface area (Å²) in [5.74, 6) is 6.45. The first-order valence-electron chi connectivity index (χ1n) is 44.9. The third-order valence-corrected chi connectivity index (χ3v) is 27.8. The van der Waals surface area contributed by atoms with Gasteiger partial charge >= 0.3 is 18.4 Å². The van der Waals surface area contributed by atoms with Gasteiger partial charge in [0.05, 0.1) is 92.1 Å². The van der Waals surface area contributed by atoms with Gasteiger partial charge in [0, 0.05) is 149 Å². The lowest BCUT2D eigenvalue weighted by atomic mass is 9.89. The Morgan fingerprint density at radius 3 is 1.46 bits per heavy atom. The number of halogens is 7. The standard InChI is InChI=1S/C35H43N5O5S.C33H33F3N4O4S.C32H30ClF3N4O2S/c1-23(39-14-12-26(13-15-39)40-30-7-5-4-6-28(30)37-35(40)41)29-21-46-34(36-29)20-38(18-24-8-11-31-33(16-24)45-22-44-31)19-25-9-10-27(42-2)17-32(25)43-3;1-2-42-28-9-4-3-8-27(28)39-12-14-40(15-13-39)32(41)26-21-45-31(37-26)20-38(18-23-6-5-7-25(16-23)33(34,35)36)19-24-10-11-29-30(17-24)44-22-43-29;1-22(39-10-12-40(13-11-39)27-7-3-6-26(33)16-27)28-20-43-31(37-28)19-38(17-23-4-2-5-25(14-23)32(34,35)36)18-24-8-9-29-30(15-24)42-21-41-29/h8-11,16-17,21,26,28,30H,1,4-7,12-15,18-20,22H2,2-3H3,(H,37,41);3-11,16-17,21H,2,12-15,18-20,22H2,1H3;2-9,14-16,20H,1,10-13,17-19,21H2. The SMILES string of the molecule is C=C(c1csc(CN(Cc2ccc3c(c2)OCO3)Cc2ccc(OC)cc2OC)n1)N1CCC(N2C(=O)NC3CCCCC32)CC1.C=C(c1csc(CN(Cc2cccc(C(F)(F)F)c2)Cc2ccc3c(c2)OCO3)n1)N1CCN(c2cccc(Cl)c2)CC1.CCOc1ccccc1N1CCN(C(=O)c2csc(CN(Cc3cccc(C(F)(F)F)c3)Cc3ccc4c(c3)OCO4)n2)CC1. The van der Waals surface area contributed by atoms with E-state index in [1.807, 2.05) is 119 Å². The second-order valence-electron chi connectivity index (χ2n) is 34.0. The molecule has 24 nitrogen and oxygen atoms in total. The van der Waals surface area contributed by atoms with Crippen LogP contribution in [0, 0.1) is 0 Å². The molecule has 2 atom stereocenters. The van der Waals surface area contributed by atoms with Crippen LogP contribution in [0.3, 0.4) is 0 Å². The van der Waals surface area contributed by atoms with Crippen molar-refractivity contribution < 1.29 is 78.6 Å². The molecule has 7 aliphatic heterocycles. The monoisotopic (exact) mass is 1910 g/mol. The van der Waals surface area contributed by atoms with Crippen LogP contribution in [0.15, 0.2) is 199 Å². The molecule has 2 unspecified atom stereocenters. The number of amides is 3. The lowest BCUT2D eigenvalue weighted by Crippen LogP contribution is -2.49. The number of hydrogen-bond acceptors (Lipinski definition) is 24. The largest absolute Gasteiger partial charge is 0.497 e. The lowest BCUT2D eigenvalue weighted by Gasteiger charge is -2.41. The molecule has 34 heteroatoms.